The Labute approximate surface area is 130 Å². The van der Waals surface area contributed by atoms with Crippen molar-refractivity contribution in [3.05, 3.63) is 53.9 Å². The average Bonchev–Trinajstić information content (AvgIpc) is 2.89. The smallest absolute Gasteiger partial charge is 0.172 e. The van der Waals surface area contributed by atoms with Gasteiger partial charge in [-0.15, -0.1) is 0 Å². The Morgan fingerprint density at radius 1 is 1.27 bits per heavy atom. The minimum absolute atomic E-state index is 0.0301. The summed E-state index contributed by atoms with van der Waals surface area (Å²) in [5, 5.41) is 0. The van der Waals surface area contributed by atoms with Gasteiger partial charge in [-0.25, -0.2) is 4.98 Å². The molecule has 2 heterocycles. The predicted octanol–water partition coefficient (Wildman–Crippen LogP) is 2.20. The number of ketones is 1. The third-order valence-electron chi connectivity index (χ3n) is 3.75. The predicted molar refractivity (Wildman–Crippen MR) is 87.5 cm³/mol. The third-order valence-corrected chi connectivity index (χ3v) is 3.75. The molecule has 2 radical (unpaired) electrons. The minimum atomic E-state index is -0.539. The van der Waals surface area contributed by atoms with Crippen LogP contribution in [0.1, 0.15) is 29.8 Å². The van der Waals surface area contributed by atoms with Crippen molar-refractivity contribution < 1.29 is 4.79 Å². The Kier molecular flexibility index (Phi) is 3.57. The average molecular weight is 289 g/mol. The molecule has 4 nitrogen and oxygen atoms in total. The fourth-order valence-electron chi connectivity index (χ4n) is 2.63. The highest BCUT2D eigenvalue weighted by Crippen LogP contribution is 2.29. The monoisotopic (exact) mass is 289 g/mol. The molecule has 2 aromatic heterocycles. The van der Waals surface area contributed by atoms with E-state index in [2.05, 4.69) is 15.0 Å². The summed E-state index contributed by atoms with van der Waals surface area (Å²) < 4.78 is 0. The summed E-state index contributed by atoms with van der Waals surface area (Å²) >= 11 is 0. The number of aromatic amines is 1. The van der Waals surface area contributed by atoms with E-state index in [4.69, 9.17) is 7.85 Å². The first-order valence-electron chi connectivity index (χ1n) is 7.16. The zero-order valence-electron chi connectivity index (χ0n) is 12.6. The Morgan fingerprint density at radius 3 is 2.73 bits per heavy atom. The van der Waals surface area contributed by atoms with E-state index in [0.29, 0.717) is 28.7 Å². The lowest BCUT2D eigenvalue weighted by molar-refractivity contribution is 0.0839. The van der Waals surface area contributed by atoms with Crippen molar-refractivity contribution in [2.75, 3.05) is 0 Å². The molecule has 0 aliphatic rings. The molecule has 0 aliphatic heterocycles. The second kappa shape index (κ2) is 5.41. The van der Waals surface area contributed by atoms with Gasteiger partial charge < -0.3 is 4.98 Å². The van der Waals surface area contributed by atoms with E-state index in [1.807, 2.05) is 44.2 Å². The molecule has 0 aliphatic carbocycles. The lowest BCUT2D eigenvalue weighted by atomic mass is 9.79. The van der Waals surface area contributed by atoms with Gasteiger partial charge in [0.2, 0.25) is 0 Å². The van der Waals surface area contributed by atoms with E-state index in [1.54, 1.807) is 6.20 Å². The number of nitrogens with zero attached hydrogens (tertiary/aromatic N) is 2. The van der Waals surface area contributed by atoms with Crippen molar-refractivity contribution in [1.82, 2.24) is 15.0 Å². The van der Waals surface area contributed by atoms with Crippen LogP contribution in [0.5, 0.6) is 0 Å². The number of aromatic nitrogens is 3. The standard InChI is InChI=1S/C17H16BN3O/c1-17(2,8-11-6-4-3-5-7-11)15(22)12-9-19-16-14(12)21-13(18)10-20-16/h3-7,9-10H,8H2,1-2H3,(H,19,20). The first-order chi connectivity index (χ1) is 10.5. The molecule has 0 spiro atoms. The molecule has 0 unspecified atom stereocenters. The van der Waals surface area contributed by atoms with Crippen molar-refractivity contribution in [3.8, 4) is 0 Å². The number of Topliss-reactive ketones (excluding diaryl/α,β-unsaturated/α-hetero) is 1. The van der Waals surface area contributed by atoms with Gasteiger partial charge in [0.05, 0.1) is 5.56 Å². The number of H-pyrrole nitrogens is 1. The number of carbonyl (C=O) groups is 1. The molecule has 3 rings (SSSR count). The Bertz CT molecular complexity index is 824. The molecule has 0 saturated carbocycles. The fraction of sp³-hybridized carbons (Fsp3) is 0.235. The Balaban J connectivity index is 1.96. The van der Waals surface area contributed by atoms with Crippen LogP contribution >= 0.6 is 0 Å². The van der Waals surface area contributed by atoms with Crippen molar-refractivity contribution in [3.63, 3.8) is 0 Å². The second-order valence-electron chi connectivity index (χ2n) is 6.07. The SMILES string of the molecule is [B]c1cnc2[nH]cc(C(=O)C(C)(C)Cc3ccccc3)c2n1. The van der Waals surface area contributed by atoms with Gasteiger partial charge in [0.15, 0.2) is 11.4 Å². The van der Waals surface area contributed by atoms with Crippen LogP contribution < -0.4 is 5.59 Å². The first-order valence-corrected chi connectivity index (χ1v) is 7.16. The Morgan fingerprint density at radius 2 is 2.00 bits per heavy atom. The molecule has 0 atom stereocenters. The first kappa shape index (κ1) is 14.5. The van der Waals surface area contributed by atoms with Crippen LogP contribution in [0.25, 0.3) is 11.2 Å². The molecule has 0 saturated heterocycles. The summed E-state index contributed by atoms with van der Waals surface area (Å²) in [6.45, 7) is 3.89. The summed E-state index contributed by atoms with van der Waals surface area (Å²) in [6, 6.07) is 9.99. The van der Waals surface area contributed by atoms with E-state index in [0.717, 1.165) is 5.56 Å². The number of hydrogen-bond acceptors (Lipinski definition) is 3. The van der Waals surface area contributed by atoms with Crippen LogP contribution in [0.15, 0.2) is 42.7 Å². The maximum absolute atomic E-state index is 12.9. The highest BCUT2D eigenvalue weighted by Gasteiger charge is 2.31. The molecule has 0 amide bonds. The highest BCUT2D eigenvalue weighted by molar-refractivity contribution is 6.31. The fourth-order valence-corrected chi connectivity index (χ4v) is 2.63. The summed E-state index contributed by atoms with van der Waals surface area (Å²) in [6.07, 6.45) is 3.80. The van der Waals surface area contributed by atoms with E-state index < -0.39 is 5.41 Å². The van der Waals surface area contributed by atoms with Crippen LogP contribution in [0.4, 0.5) is 0 Å². The number of benzene rings is 1. The molecule has 0 bridgehead atoms. The van der Waals surface area contributed by atoms with Gasteiger partial charge in [0.1, 0.15) is 13.4 Å². The van der Waals surface area contributed by atoms with Gasteiger partial charge in [0, 0.05) is 23.4 Å². The van der Waals surface area contributed by atoms with Gasteiger partial charge in [-0.1, -0.05) is 44.2 Å². The second-order valence-corrected chi connectivity index (χ2v) is 6.07. The number of nitrogens with one attached hydrogen (secondary N) is 1. The van der Waals surface area contributed by atoms with Crippen LogP contribution in [-0.4, -0.2) is 28.6 Å². The number of rotatable bonds is 4. The van der Waals surface area contributed by atoms with Crippen molar-refractivity contribution >= 4 is 30.4 Å². The molecule has 3 aromatic rings. The van der Waals surface area contributed by atoms with Crippen molar-refractivity contribution in [2.24, 2.45) is 5.41 Å². The van der Waals surface area contributed by atoms with Gasteiger partial charge in [0.25, 0.3) is 0 Å². The summed E-state index contributed by atoms with van der Waals surface area (Å²) in [7, 11) is 5.69. The van der Waals surface area contributed by atoms with E-state index in [1.165, 1.54) is 6.20 Å². The Hall–Kier alpha value is -2.43. The quantitative estimate of drug-likeness (QED) is 0.591. The minimum Gasteiger partial charge on any atom is -0.344 e. The lowest BCUT2D eigenvalue weighted by Crippen LogP contribution is -2.27. The summed E-state index contributed by atoms with van der Waals surface area (Å²) in [5.74, 6) is 0.0301. The van der Waals surface area contributed by atoms with E-state index in [9.17, 15) is 4.79 Å². The number of carbonyl (C=O) groups excluding carboxylic acids is 1. The molecular weight excluding hydrogens is 273 g/mol. The van der Waals surface area contributed by atoms with E-state index >= 15 is 0 Å². The van der Waals surface area contributed by atoms with Crippen LogP contribution in [-0.2, 0) is 6.42 Å². The number of hydrogen-bond donors (Lipinski definition) is 1. The van der Waals surface area contributed by atoms with Crippen LogP contribution in [0, 0.1) is 5.41 Å². The van der Waals surface area contributed by atoms with Gasteiger partial charge >= 0.3 is 0 Å². The molecule has 1 N–H and O–H groups in total. The number of fused-ring (bicyclic) bond motifs is 1. The third kappa shape index (κ3) is 2.66. The summed E-state index contributed by atoms with van der Waals surface area (Å²) in [5.41, 5.74) is 2.55. The van der Waals surface area contributed by atoms with Gasteiger partial charge in [-0.2, -0.15) is 0 Å². The largest absolute Gasteiger partial charge is 0.344 e. The molecule has 0 fully saturated rings. The zero-order chi connectivity index (χ0) is 15.7. The molecule has 5 heteroatoms. The normalized spacial score (nSPS) is 11.7. The molecular formula is C17H16BN3O. The van der Waals surface area contributed by atoms with Crippen molar-refractivity contribution in [1.29, 1.82) is 0 Å². The van der Waals surface area contributed by atoms with Crippen molar-refractivity contribution in [2.45, 2.75) is 20.3 Å². The maximum Gasteiger partial charge on any atom is 0.172 e. The van der Waals surface area contributed by atoms with Crippen LogP contribution in [0.3, 0.4) is 0 Å². The highest BCUT2D eigenvalue weighted by atomic mass is 16.1. The molecule has 22 heavy (non-hydrogen) atoms. The zero-order valence-corrected chi connectivity index (χ0v) is 12.6. The maximum atomic E-state index is 12.9. The summed E-state index contributed by atoms with van der Waals surface area (Å²) in [4.78, 5) is 24.3. The van der Waals surface area contributed by atoms with Gasteiger partial charge in [-0.05, 0) is 12.0 Å². The lowest BCUT2D eigenvalue weighted by Gasteiger charge is -2.22. The topological polar surface area (TPSA) is 58.6 Å². The molecule has 108 valence electrons. The molecule has 1 aromatic carbocycles. The van der Waals surface area contributed by atoms with E-state index in [-0.39, 0.29) is 5.78 Å². The van der Waals surface area contributed by atoms with Gasteiger partial charge in [-0.3, -0.25) is 9.78 Å². The van der Waals surface area contributed by atoms with Crippen LogP contribution in [0.2, 0.25) is 0 Å².